The molecule has 0 aliphatic heterocycles. The molecule has 0 aromatic heterocycles. The summed E-state index contributed by atoms with van der Waals surface area (Å²) < 4.78 is 38.7. The lowest BCUT2D eigenvalue weighted by molar-refractivity contribution is 0.0962. The van der Waals surface area contributed by atoms with E-state index in [2.05, 4.69) is 0 Å². The van der Waals surface area contributed by atoms with Crippen molar-refractivity contribution in [2.24, 2.45) is 5.92 Å². The molecule has 0 saturated heterocycles. The fourth-order valence-electron chi connectivity index (χ4n) is 1.07. The highest BCUT2D eigenvalue weighted by Gasteiger charge is 2.26. The first-order valence-corrected chi connectivity index (χ1v) is 3.99. The molecule has 0 bridgehead atoms. The zero-order valence-electron chi connectivity index (χ0n) is 7.67. The van der Waals surface area contributed by atoms with Crippen LogP contribution in [0.25, 0.3) is 0 Å². The highest BCUT2D eigenvalue weighted by atomic mass is 19.1. The lowest BCUT2D eigenvalue weighted by Crippen LogP contribution is -2.15. The molecule has 0 saturated carbocycles. The van der Waals surface area contributed by atoms with Crippen molar-refractivity contribution in [3.05, 3.63) is 35.1 Å². The van der Waals surface area contributed by atoms with Gasteiger partial charge in [0.1, 0.15) is 17.5 Å². The number of hydrogen-bond acceptors (Lipinski definition) is 3. The molecule has 0 fully saturated rings. The Balaban J connectivity index is 3.31. The third-order valence-corrected chi connectivity index (χ3v) is 1.77. The van der Waals surface area contributed by atoms with Gasteiger partial charge in [-0.3, -0.25) is 4.79 Å². The van der Waals surface area contributed by atoms with E-state index in [1.165, 1.54) is 12.1 Å². The molecule has 1 aromatic carbocycles. The molecule has 16 heavy (non-hydrogen) atoms. The van der Waals surface area contributed by atoms with Gasteiger partial charge in [-0.1, -0.05) is 0 Å². The van der Waals surface area contributed by atoms with Crippen molar-refractivity contribution >= 4 is 5.78 Å². The van der Waals surface area contributed by atoms with Crippen LogP contribution in [0.3, 0.4) is 0 Å². The first-order chi connectivity index (χ1) is 7.51. The SMILES string of the molecule is N#CC(C#N)C(=O)c1c(F)cc(F)cc1F. The van der Waals surface area contributed by atoms with Crippen LogP contribution in [0.15, 0.2) is 12.1 Å². The van der Waals surface area contributed by atoms with Gasteiger partial charge in [-0.25, -0.2) is 13.2 Å². The fourth-order valence-corrected chi connectivity index (χ4v) is 1.07. The van der Waals surface area contributed by atoms with Crippen LogP contribution < -0.4 is 0 Å². The third-order valence-electron chi connectivity index (χ3n) is 1.77. The van der Waals surface area contributed by atoms with Crippen LogP contribution in [0, 0.1) is 46.0 Å². The van der Waals surface area contributed by atoms with Crippen molar-refractivity contribution < 1.29 is 18.0 Å². The molecule has 0 atom stereocenters. The number of rotatable bonds is 2. The molecular formula is C10H3F3N2O. The van der Waals surface area contributed by atoms with E-state index in [9.17, 15) is 18.0 Å². The van der Waals surface area contributed by atoms with Gasteiger partial charge in [0, 0.05) is 12.1 Å². The van der Waals surface area contributed by atoms with Gasteiger partial charge in [0.05, 0.1) is 17.7 Å². The minimum atomic E-state index is -1.81. The van der Waals surface area contributed by atoms with E-state index in [4.69, 9.17) is 10.5 Å². The van der Waals surface area contributed by atoms with Gasteiger partial charge < -0.3 is 0 Å². The largest absolute Gasteiger partial charge is 0.291 e. The maximum Gasteiger partial charge on any atom is 0.200 e. The fraction of sp³-hybridized carbons (Fsp3) is 0.100. The van der Waals surface area contributed by atoms with Crippen LogP contribution in [0.4, 0.5) is 13.2 Å². The Labute approximate surface area is 88.3 Å². The molecule has 1 rings (SSSR count). The second-order valence-corrected chi connectivity index (χ2v) is 2.80. The number of ketones is 1. The average molecular weight is 224 g/mol. The van der Waals surface area contributed by atoms with Gasteiger partial charge in [0.15, 0.2) is 11.7 Å². The summed E-state index contributed by atoms with van der Waals surface area (Å²) in [5.41, 5.74) is -1.07. The molecule has 3 nitrogen and oxygen atoms in total. The molecule has 1 aromatic rings. The summed E-state index contributed by atoms with van der Waals surface area (Å²) in [4.78, 5) is 11.3. The van der Waals surface area contributed by atoms with E-state index in [1.54, 1.807) is 0 Å². The molecule has 0 heterocycles. The van der Waals surface area contributed by atoms with Gasteiger partial charge in [0.25, 0.3) is 0 Å². The maximum absolute atomic E-state index is 13.1. The van der Waals surface area contributed by atoms with Gasteiger partial charge in [0.2, 0.25) is 0 Å². The highest BCUT2D eigenvalue weighted by molar-refractivity contribution is 6.01. The average Bonchev–Trinajstić information content (AvgIpc) is 2.17. The molecule has 0 N–H and O–H groups in total. The van der Waals surface area contributed by atoms with E-state index in [1.807, 2.05) is 0 Å². The Morgan fingerprint density at radius 1 is 1.12 bits per heavy atom. The van der Waals surface area contributed by atoms with Gasteiger partial charge in [-0.2, -0.15) is 10.5 Å². The number of nitriles is 2. The topological polar surface area (TPSA) is 64.7 Å². The summed E-state index contributed by atoms with van der Waals surface area (Å²) in [7, 11) is 0. The van der Waals surface area contributed by atoms with Crippen LogP contribution in [0.1, 0.15) is 10.4 Å². The number of carbonyl (C=O) groups is 1. The Hall–Kier alpha value is -2.34. The second kappa shape index (κ2) is 4.45. The molecule has 80 valence electrons. The number of carbonyl (C=O) groups excluding carboxylic acids is 1. The first kappa shape index (κ1) is 11.7. The molecule has 0 amide bonds. The Morgan fingerprint density at radius 2 is 1.56 bits per heavy atom. The van der Waals surface area contributed by atoms with E-state index in [-0.39, 0.29) is 0 Å². The second-order valence-electron chi connectivity index (χ2n) is 2.80. The highest BCUT2D eigenvalue weighted by Crippen LogP contribution is 2.18. The summed E-state index contributed by atoms with van der Waals surface area (Å²) >= 11 is 0. The predicted molar refractivity (Wildman–Crippen MR) is 45.4 cm³/mol. The van der Waals surface area contributed by atoms with Gasteiger partial charge in [-0.15, -0.1) is 0 Å². The van der Waals surface area contributed by atoms with Crippen LogP contribution in [0.5, 0.6) is 0 Å². The molecule has 0 unspecified atom stereocenters. The molecule has 0 radical (unpaired) electrons. The Bertz CT molecular complexity index is 491. The van der Waals surface area contributed by atoms with E-state index >= 15 is 0 Å². The smallest absolute Gasteiger partial charge is 0.200 e. The lowest BCUT2D eigenvalue weighted by atomic mass is 9.99. The van der Waals surface area contributed by atoms with Crippen molar-refractivity contribution in [3.8, 4) is 12.1 Å². The van der Waals surface area contributed by atoms with Crippen LogP contribution >= 0.6 is 0 Å². The van der Waals surface area contributed by atoms with Crippen molar-refractivity contribution in [2.45, 2.75) is 0 Å². The van der Waals surface area contributed by atoms with Crippen LogP contribution in [0.2, 0.25) is 0 Å². The quantitative estimate of drug-likeness (QED) is 0.721. The van der Waals surface area contributed by atoms with E-state index < -0.39 is 34.7 Å². The standard InChI is InChI=1S/C10H3F3N2O/c11-6-1-7(12)9(8(13)2-6)10(16)5(3-14)4-15/h1-2,5H. The maximum atomic E-state index is 13.1. The van der Waals surface area contributed by atoms with E-state index in [0.29, 0.717) is 12.1 Å². The van der Waals surface area contributed by atoms with Gasteiger partial charge >= 0.3 is 0 Å². The number of hydrogen-bond donors (Lipinski definition) is 0. The minimum absolute atomic E-state index is 0.308. The summed E-state index contributed by atoms with van der Waals surface area (Å²) in [6.45, 7) is 0. The lowest BCUT2D eigenvalue weighted by Gasteiger charge is -2.03. The monoisotopic (exact) mass is 224 g/mol. The predicted octanol–water partition coefficient (Wildman–Crippen LogP) is 1.95. The van der Waals surface area contributed by atoms with Crippen molar-refractivity contribution in [3.63, 3.8) is 0 Å². The molecule has 0 spiro atoms. The Kier molecular flexibility index (Phi) is 3.27. The zero-order chi connectivity index (χ0) is 12.3. The summed E-state index contributed by atoms with van der Waals surface area (Å²) in [6, 6.07) is 3.18. The summed E-state index contributed by atoms with van der Waals surface area (Å²) in [5, 5.41) is 16.8. The van der Waals surface area contributed by atoms with Crippen molar-refractivity contribution in [2.75, 3.05) is 0 Å². The van der Waals surface area contributed by atoms with Crippen molar-refractivity contribution in [1.29, 1.82) is 10.5 Å². The normalized spacial score (nSPS) is 9.62. The molecule has 6 heteroatoms. The zero-order valence-corrected chi connectivity index (χ0v) is 7.67. The summed E-state index contributed by atoms with van der Waals surface area (Å²) in [5.74, 6) is -7.18. The molecular weight excluding hydrogens is 221 g/mol. The van der Waals surface area contributed by atoms with Gasteiger partial charge in [-0.05, 0) is 0 Å². The molecule has 0 aliphatic rings. The molecule has 0 aliphatic carbocycles. The number of halogens is 3. The number of Topliss-reactive ketones (excluding diaryl/α,β-unsaturated/α-hetero) is 1. The summed E-state index contributed by atoms with van der Waals surface area (Å²) in [6.07, 6.45) is 0. The van der Waals surface area contributed by atoms with Crippen molar-refractivity contribution in [1.82, 2.24) is 0 Å². The Morgan fingerprint density at radius 3 is 1.94 bits per heavy atom. The minimum Gasteiger partial charge on any atom is -0.291 e. The number of benzene rings is 1. The van der Waals surface area contributed by atoms with Crippen LogP contribution in [-0.2, 0) is 0 Å². The number of nitrogens with zero attached hydrogens (tertiary/aromatic N) is 2. The first-order valence-electron chi connectivity index (χ1n) is 3.99. The van der Waals surface area contributed by atoms with Crippen LogP contribution in [-0.4, -0.2) is 5.78 Å². The third kappa shape index (κ3) is 2.01. The van der Waals surface area contributed by atoms with E-state index in [0.717, 1.165) is 0 Å².